The molecule has 0 aliphatic carbocycles. The third kappa shape index (κ3) is 2.59. The molecule has 2 rings (SSSR count). The maximum atomic E-state index is 11.0. The van der Waals surface area contributed by atoms with Crippen molar-refractivity contribution < 1.29 is 14.6 Å². The Bertz CT molecular complexity index is 637. The van der Waals surface area contributed by atoms with E-state index in [9.17, 15) is 4.79 Å². The van der Waals surface area contributed by atoms with E-state index in [2.05, 4.69) is 0 Å². The first-order valence-electron chi connectivity index (χ1n) is 6.25. The molecule has 0 heterocycles. The summed E-state index contributed by atoms with van der Waals surface area (Å²) >= 11 is 0. The topological polar surface area (TPSA) is 49.8 Å². The van der Waals surface area contributed by atoms with Gasteiger partial charge in [-0.3, -0.25) is 0 Å². The van der Waals surface area contributed by atoms with E-state index < -0.39 is 5.97 Å². The van der Waals surface area contributed by atoms with Gasteiger partial charge in [0.2, 0.25) is 0 Å². The molecule has 0 amide bonds. The minimum Gasteiger partial charge on any atom is -0.495 e. The number of rotatable bonds is 4. The molecule has 20 heavy (non-hydrogen) atoms. The number of methoxy groups -OCH3 is 1. The lowest BCUT2D eigenvalue weighted by Gasteiger charge is -2.23. The lowest BCUT2D eigenvalue weighted by atomic mass is 10.1. The fraction of sp³-hybridized carbons (Fsp3) is 0.188. The lowest BCUT2D eigenvalue weighted by molar-refractivity contribution is 0.0697. The van der Waals surface area contributed by atoms with Crippen molar-refractivity contribution in [2.45, 2.75) is 6.92 Å². The number of carbonyl (C=O) groups is 1. The molecule has 0 aromatic heterocycles. The molecule has 2 aromatic rings. The smallest absolute Gasteiger partial charge is 0.335 e. The third-order valence-electron chi connectivity index (χ3n) is 3.25. The highest BCUT2D eigenvalue weighted by Crippen LogP contribution is 2.33. The van der Waals surface area contributed by atoms with Crippen LogP contribution in [0.15, 0.2) is 42.5 Å². The van der Waals surface area contributed by atoms with Gasteiger partial charge in [-0.25, -0.2) is 4.79 Å². The van der Waals surface area contributed by atoms with Crippen molar-refractivity contribution in [1.82, 2.24) is 0 Å². The SMILES string of the molecule is COc1ccccc1N(C)c1ccc(C(=O)O)cc1C. The molecule has 4 nitrogen and oxygen atoms in total. The van der Waals surface area contributed by atoms with Crippen molar-refractivity contribution in [3.05, 3.63) is 53.6 Å². The van der Waals surface area contributed by atoms with Gasteiger partial charge in [-0.2, -0.15) is 0 Å². The van der Waals surface area contributed by atoms with Crippen LogP contribution in [0, 0.1) is 6.92 Å². The number of benzene rings is 2. The quantitative estimate of drug-likeness (QED) is 0.925. The van der Waals surface area contributed by atoms with Gasteiger partial charge in [-0.05, 0) is 42.8 Å². The van der Waals surface area contributed by atoms with Crippen LogP contribution in [0.3, 0.4) is 0 Å². The minimum atomic E-state index is -0.917. The van der Waals surface area contributed by atoms with Crippen LogP contribution < -0.4 is 9.64 Å². The van der Waals surface area contributed by atoms with Crippen molar-refractivity contribution in [2.75, 3.05) is 19.1 Å². The Kier molecular flexibility index (Phi) is 3.94. The van der Waals surface area contributed by atoms with Crippen molar-refractivity contribution in [1.29, 1.82) is 0 Å². The van der Waals surface area contributed by atoms with Gasteiger partial charge in [0.15, 0.2) is 0 Å². The Hall–Kier alpha value is -2.49. The zero-order chi connectivity index (χ0) is 14.7. The Labute approximate surface area is 118 Å². The summed E-state index contributed by atoms with van der Waals surface area (Å²) < 4.78 is 5.35. The fourth-order valence-corrected chi connectivity index (χ4v) is 2.20. The summed E-state index contributed by atoms with van der Waals surface area (Å²) in [6, 6.07) is 12.8. The molecule has 0 saturated carbocycles. The molecule has 0 fully saturated rings. The van der Waals surface area contributed by atoms with Crippen LogP contribution in [0.5, 0.6) is 5.75 Å². The summed E-state index contributed by atoms with van der Waals surface area (Å²) in [5.74, 6) is -0.142. The molecule has 0 aliphatic heterocycles. The van der Waals surface area contributed by atoms with Crippen molar-refractivity contribution in [3.8, 4) is 5.75 Å². The van der Waals surface area contributed by atoms with Gasteiger partial charge in [0, 0.05) is 12.7 Å². The first kappa shape index (κ1) is 13.9. The lowest BCUT2D eigenvalue weighted by Crippen LogP contribution is -2.12. The summed E-state index contributed by atoms with van der Waals surface area (Å²) in [4.78, 5) is 13.0. The zero-order valence-electron chi connectivity index (χ0n) is 11.8. The van der Waals surface area contributed by atoms with E-state index in [1.54, 1.807) is 19.2 Å². The summed E-state index contributed by atoms with van der Waals surface area (Å²) in [6.07, 6.45) is 0. The number of aromatic carboxylic acids is 1. The summed E-state index contributed by atoms with van der Waals surface area (Å²) in [5.41, 5.74) is 3.07. The molecular formula is C16H17NO3. The predicted molar refractivity (Wildman–Crippen MR) is 79.2 cm³/mol. The van der Waals surface area contributed by atoms with Crippen molar-refractivity contribution >= 4 is 17.3 Å². The van der Waals surface area contributed by atoms with E-state index >= 15 is 0 Å². The van der Waals surface area contributed by atoms with Crippen LogP contribution >= 0.6 is 0 Å². The number of carboxylic acids is 1. The second-order valence-corrected chi connectivity index (χ2v) is 4.54. The number of hydrogen-bond donors (Lipinski definition) is 1. The highest BCUT2D eigenvalue weighted by atomic mass is 16.5. The van der Waals surface area contributed by atoms with Crippen LogP contribution in [-0.2, 0) is 0 Å². The largest absolute Gasteiger partial charge is 0.495 e. The molecule has 1 N–H and O–H groups in total. The average molecular weight is 271 g/mol. The highest BCUT2D eigenvalue weighted by Gasteiger charge is 2.13. The van der Waals surface area contributed by atoms with Crippen molar-refractivity contribution in [2.24, 2.45) is 0 Å². The van der Waals surface area contributed by atoms with E-state index in [4.69, 9.17) is 9.84 Å². The molecule has 0 spiro atoms. The number of aryl methyl sites for hydroxylation is 1. The zero-order valence-corrected chi connectivity index (χ0v) is 11.8. The normalized spacial score (nSPS) is 10.2. The fourth-order valence-electron chi connectivity index (χ4n) is 2.20. The summed E-state index contributed by atoms with van der Waals surface area (Å²) in [6.45, 7) is 1.90. The van der Waals surface area contributed by atoms with Gasteiger partial charge in [-0.15, -0.1) is 0 Å². The molecule has 0 saturated heterocycles. The van der Waals surface area contributed by atoms with Gasteiger partial charge in [0.25, 0.3) is 0 Å². The molecule has 0 radical (unpaired) electrons. The van der Waals surface area contributed by atoms with E-state index in [0.29, 0.717) is 5.56 Å². The summed E-state index contributed by atoms with van der Waals surface area (Å²) in [7, 11) is 3.56. The van der Waals surface area contributed by atoms with Gasteiger partial charge in [-0.1, -0.05) is 12.1 Å². The average Bonchev–Trinajstić information content (AvgIpc) is 2.46. The molecular weight excluding hydrogens is 254 g/mol. The standard InChI is InChI=1S/C16H17NO3/c1-11-10-12(16(18)19)8-9-13(11)17(2)14-6-4-5-7-15(14)20-3/h4-10H,1-3H3,(H,18,19). The molecule has 2 aromatic carbocycles. The molecule has 104 valence electrons. The Morgan fingerprint density at radius 1 is 1.15 bits per heavy atom. The number of nitrogens with zero attached hydrogens (tertiary/aromatic N) is 1. The van der Waals surface area contributed by atoms with Gasteiger partial charge < -0.3 is 14.7 Å². The van der Waals surface area contributed by atoms with Gasteiger partial charge in [0.05, 0.1) is 18.4 Å². The predicted octanol–water partition coefficient (Wildman–Crippen LogP) is 3.47. The Morgan fingerprint density at radius 2 is 1.85 bits per heavy atom. The molecule has 0 atom stereocenters. The maximum Gasteiger partial charge on any atom is 0.335 e. The monoisotopic (exact) mass is 271 g/mol. The number of hydrogen-bond acceptors (Lipinski definition) is 3. The molecule has 0 unspecified atom stereocenters. The Morgan fingerprint density at radius 3 is 2.45 bits per heavy atom. The molecule has 0 bridgehead atoms. The summed E-state index contributed by atoms with van der Waals surface area (Å²) in [5, 5.41) is 9.00. The molecule has 4 heteroatoms. The number of ether oxygens (including phenoxy) is 1. The third-order valence-corrected chi connectivity index (χ3v) is 3.25. The Balaban J connectivity index is 2.43. The second-order valence-electron chi connectivity index (χ2n) is 4.54. The number of carboxylic acid groups (broad SMARTS) is 1. The maximum absolute atomic E-state index is 11.0. The van der Waals surface area contributed by atoms with E-state index in [1.165, 1.54) is 0 Å². The van der Waals surface area contributed by atoms with Crippen molar-refractivity contribution in [3.63, 3.8) is 0 Å². The first-order chi connectivity index (χ1) is 9.54. The van der Waals surface area contributed by atoms with Crippen LogP contribution in [0.25, 0.3) is 0 Å². The van der Waals surface area contributed by atoms with Crippen LogP contribution in [-0.4, -0.2) is 25.2 Å². The van der Waals surface area contributed by atoms with Gasteiger partial charge in [0.1, 0.15) is 5.75 Å². The van der Waals surface area contributed by atoms with Crippen LogP contribution in [0.4, 0.5) is 11.4 Å². The van der Waals surface area contributed by atoms with E-state index in [1.807, 2.05) is 49.2 Å². The first-order valence-corrected chi connectivity index (χ1v) is 6.25. The number of anilines is 2. The highest BCUT2D eigenvalue weighted by molar-refractivity contribution is 5.89. The molecule has 0 aliphatic rings. The second kappa shape index (κ2) is 5.65. The van der Waals surface area contributed by atoms with Gasteiger partial charge >= 0.3 is 5.97 Å². The van der Waals surface area contributed by atoms with Crippen LogP contribution in [0.1, 0.15) is 15.9 Å². The van der Waals surface area contributed by atoms with E-state index in [0.717, 1.165) is 22.7 Å². The van der Waals surface area contributed by atoms with E-state index in [-0.39, 0.29) is 0 Å². The minimum absolute atomic E-state index is 0.291. The van der Waals surface area contributed by atoms with Crippen LogP contribution in [0.2, 0.25) is 0 Å². The number of para-hydroxylation sites is 2.